The Morgan fingerprint density at radius 1 is 0.833 bits per heavy atom. The third kappa shape index (κ3) is 9.71. The summed E-state index contributed by atoms with van der Waals surface area (Å²) in [5.41, 5.74) is 0.485. The highest BCUT2D eigenvalue weighted by Crippen LogP contribution is 2.22. The van der Waals surface area contributed by atoms with Crippen LogP contribution in [0.5, 0.6) is 5.75 Å². The lowest BCUT2D eigenvalue weighted by molar-refractivity contribution is -0.158. The number of carbonyl (C=O) groups is 1. The number of nitrogens with zero attached hydrogens (tertiary/aromatic N) is 3. The van der Waals surface area contributed by atoms with Gasteiger partial charge >= 0.3 is 11.7 Å². The van der Waals surface area contributed by atoms with Gasteiger partial charge in [0.2, 0.25) is 0 Å². The number of aryl methyl sites for hydroxylation is 2. The van der Waals surface area contributed by atoms with Gasteiger partial charge in [-0.3, -0.25) is 9.36 Å². The fourth-order valence-corrected chi connectivity index (χ4v) is 4.90. The summed E-state index contributed by atoms with van der Waals surface area (Å²) < 4.78 is 13.9. The number of carbonyl (C=O) groups excluding carboxylic acids is 1. The lowest BCUT2D eigenvalue weighted by Gasteiger charge is -2.24. The van der Waals surface area contributed by atoms with Crippen LogP contribution in [0.15, 0.2) is 64.2 Å². The molecule has 0 fully saturated rings. The molecule has 1 heterocycles. The molecule has 3 aromatic rings. The fraction of sp³-hybridized carbons (Fsp3) is 0.529. The van der Waals surface area contributed by atoms with Crippen LogP contribution in [0.4, 0.5) is 0 Å². The third-order valence-electron chi connectivity index (χ3n) is 7.28. The molecular formula is C34H47N3O5. The maximum absolute atomic E-state index is 13.3. The normalized spacial score (nSPS) is 11.4. The van der Waals surface area contributed by atoms with Gasteiger partial charge in [0, 0.05) is 18.7 Å². The van der Waals surface area contributed by atoms with Crippen molar-refractivity contribution in [2.24, 2.45) is 0 Å². The Bertz CT molecular complexity index is 1380. The molecule has 0 saturated heterocycles. The maximum atomic E-state index is 13.3. The van der Waals surface area contributed by atoms with Gasteiger partial charge in [-0.25, -0.2) is 14.3 Å². The number of unbranched alkanes of at least 4 members (excludes halogenated alkanes) is 7. The van der Waals surface area contributed by atoms with E-state index in [1.807, 2.05) is 48.5 Å². The van der Waals surface area contributed by atoms with Crippen molar-refractivity contribution in [2.75, 3.05) is 6.61 Å². The van der Waals surface area contributed by atoms with Crippen molar-refractivity contribution in [1.82, 2.24) is 14.3 Å². The van der Waals surface area contributed by atoms with Crippen LogP contribution in [0.1, 0.15) is 91.0 Å². The Kier molecular flexibility index (Phi) is 13.0. The number of aromatic nitrogens is 3. The van der Waals surface area contributed by atoms with Crippen LogP contribution < -0.4 is 16.0 Å². The quantitative estimate of drug-likeness (QED) is 0.125. The predicted molar refractivity (Wildman–Crippen MR) is 167 cm³/mol. The van der Waals surface area contributed by atoms with Crippen LogP contribution in [0.3, 0.4) is 0 Å². The topological polar surface area (TPSA) is 92.4 Å². The molecule has 0 atom stereocenters. The second-order valence-electron chi connectivity index (χ2n) is 11.2. The highest BCUT2D eigenvalue weighted by atomic mass is 16.6. The first kappa shape index (κ1) is 32.8. The first-order valence-electron chi connectivity index (χ1n) is 15.5. The maximum Gasteiger partial charge on any atom is 0.349 e. The summed E-state index contributed by atoms with van der Waals surface area (Å²) in [6.45, 7) is 8.57. The number of ether oxygens (including phenoxy) is 2. The van der Waals surface area contributed by atoms with E-state index in [0.29, 0.717) is 31.1 Å². The fourth-order valence-electron chi connectivity index (χ4n) is 4.90. The molecule has 0 spiro atoms. The Morgan fingerprint density at radius 3 is 2.24 bits per heavy atom. The van der Waals surface area contributed by atoms with Gasteiger partial charge in [-0.1, -0.05) is 87.9 Å². The zero-order valence-electron chi connectivity index (χ0n) is 25.8. The summed E-state index contributed by atoms with van der Waals surface area (Å²) in [5, 5.41) is 4.49. The largest absolute Gasteiger partial charge is 0.476 e. The molecule has 0 unspecified atom stereocenters. The van der Waals surface area contributed by atoms with Crippen LogP contribution in [0.2, 0.25) is 0 Å². The van der Waals surface area contributed by atoms with Crippen LogP contribution in [0, 0.1) is 0 Å². The Hall–Kier alpha value is -3.68. The minimum atomic E-state index is -1.06. The Labute approximate surface area is 249 Å². The van der Waals surface area contributed by atoms with E-state index in [4.69, 9.17) is 9.47 Å². The van der Waals surface area contributed by atoms with Gasteiger partial charge in [-0.05, 0) is 64.2 Å². The molecule has 3 rings (SSSR count). The highest BCUT2D eigenvalue weighted by Gasteiger charge is 2.31. The average molecular weight is 578 g/mol. The molecule has 0 aliphatic heterocycles. The van der Waals surface area contributed by atoms with Gasteiger partial charge in [0.15, 0.2) is 11.3 Å². The number of benzene rings is 2. The number of rotatable bonds is 18. The van der Waals surface area contributed by atoms with Gasteiger partial charge < -0.3 is 9.47 Å². The zero-order valence-corrected chi connectivity index (χ0v) is 25.8. The molecule has 0 radical (unpaired) electrons. The van der Waals surface area contributed by atoms with Crippen molar-refractivity contribution < 1.29 is 14.3 Å². The Balaban J connectivity index is 1.58. The van der Waals surface area contributed by atoms with Gasteiger partial charge in [0.25, 0.3) is 5.56 Å². The number of esters is 1. The van der Waals surface area contributed by atoms with Crippen LogP contribution in [0.25, 0.3) is 11.3 Å². The first-order valence-corrected chi connectivity index (χ1v) is 15.5. The monoisotopic (exact) mass is 577 g/mol. The molecule has 228 valence electrons. The molecule has 0 aliphatic carbocycles. The summed E-state index contributed by atoms with van der Waals surface area (Å²) in [6, 6.07) is 17.2. The molecule has 0 saturated carbocycles. The molecule has 42 heavy (non-hydrogen) atoms. The van der Waals surface area contributed by atoms with E-state index < -0.39 is 11.6 Å². The summed E-state index contributed by atoms with van der Waals surface area (Å²) in [6.07, 6.45) is 9.84. The lowest BCUT2D eigenvalue weighted by atomic mass is 10.1. The van der Waals surface area contributed by atoms with Crippen molar-refractivity contribution in [3.05, 3.63) is 81.0 Å². The van der Waals surface area contributed by atoms with Crippen molar-refractivity contribution in [2.45, 2.75) is 111 Å². The van der Waals surface area contributed by atoms with E-state index in [1.54, 1.807) is 20.8 Å². The van der Waals surface area contributed by atoms with E-state index in [1.165, 1.54) is 15.7 Å². The van der Waals surface area contributed by atoms with E-state index >= 15 is 0 Å². The molecule has 0 bridgehead atoms. The summed E-state index contributed by atoms with van der Waals surface area (Å²) in [5.74, 6) is 0.247. The van der Waals surface area contributed by atoms with Crippen LogP contribution >= 0.6 is 0 Å². The Morgan fingerprint density at radius 2 is 1.52 bits per heavy atom. The van der Waals surface area contributed by atoms with Crippen molar-refractivity contribution in [1.29, 1.82) is 0 Å². The predicted octanol–water partition coefficient (Wildman–Crippen LogP) is 6.57. The third-order valence-corrected chi connectivity index (χ3v) is 7.28. The SMILES string of the molecule is CCCCCCCn1nc(-c2ccccc2)c(=O)n(CCCCCCc2cccc(OC(C)(C)C(=O)OCC)c2)c1=O. The van der Waals surface area contributed by atoms with Crippen LogP contribution in [-0.4, -0.2) is 32.5 Å². The number of hydrogen-bond acceptors (Lipinski definition) is 6. The minimum absolute atomic E-state index is 0.310. The standard InChI is InChI=1S/C34H47N3O5/c1-5-7-8-10-17-25-37-33(40)36(31(38)30(35-37)28-21-14-12-15-22-28)24-16-11-9-13-19-27-20-18-23-29(26-27)42-34(3,4)32(39)41-6-2/h12,14-15,18,20-23,26H,5-11,13,16-17,19,24-25H2,1-4H3. The minimum Gasteiger partial charge on any atom is -0.476 e. The molecule has 0 N–H and O–H groups in total. The molecule has 0 aliphatic rings. The molecule has 1 aromatic heterocycles. The van der Waals surface area contributed by atoms with Gasteiger partial charge in [0.05, 0.1) is 6.61 Å². The summed E-state index contributed by atoms with van der Waals surface area (Å²) in [7, 11) is 0. The van der Waals surface area contributed by atoms with Crippen molar-refractivity contribution >= 4 is 5.97 Å². The zero-order chi connectivity index (χ0) is 30.4. The van der Waals surface area contributed by atoms with E-state index in [-0.39, 0.29) is 11.2 Å². The lowest BCUT2D eigenvalue weighted by Crippen LogP contribution is -2.42. The molecule has 2 aromatic carbocycles. The molecule has 8 nitrogen and oxygen atoms in total. The van der Waals surface area contributed by atoms with Crippen molar-refractivity contribution in [3.63, 3.8) is 0 Å². The van der Waals surface area contributed by atoms with E-state index in [9.17, 15) is 14.4 Å². The van der Waals surface area contributed by atoms with Crippen molar-refractivity contribution in [3.8, 4) is 17.0 Å². The van der Waals surface area contributed by atoms with Gasteiger partial charge in [-0.2, -0.15) is 5.10 Å². The first-order chi connectivity index (χ1) is 20.3. The average Bonchev–Trinajstić information content (AvgIpc) is 2.97. The number of hydrogen-bond donors (Lipinski definition) is 0. The molecule has 8 heteroatoms. The van der Waals surface area contributed by atoms with E-state index in [0.717, 1.165) is 68.9 Å². The van der Waals surface area contributed by atoms with Crippen LogP contribution in [-0.2, 0) is 29.0 Å². The van der Waals surface area contributed by atoms with E-state index in [2.05, 4.69) is 18.1 Å². The molecular weight excluding hydrogens is 530 g/mol. The highest BCUT2D eigenvalue weighted by molar-refractivity contribution is 5.79. The van der Waals surface area contributed by atoms with Gasteiger partial charge in [0.1, 0.15) is 5.75 Å². The second kappa shape index (κ2) is 16.7. The smallest absolute Gasteiger partial charge is 0.349 e. The second-order valence-corrected chi connectivity index (χ2v) is 11.2. The molecule has 0 amide bonds. The summed E-state index contributed by atoms with van der Waals surface area (Å²) in [4.78, 5) is 38.7. The van der Waals surface area contributed by atoms with Gasteiger partial charge in [-0.15, -0.1) is 0 Å². The summed E-state index contributed by atoms with van der Waals surface area (Å²) >= 11 is 0.